The Morgan fingerprint density at radius 1 is 1.28 bits per heavy atom. The Balaban J connectivity index is 1.94. The summed E-state index contributed by atoms with van der Waals surface area (Å²) < 4.78 is 27.9. The molecule has 3 heterocycles. The molecule has 1 aromatic carbocycles. The molecule has 0 saturated carbocycles. The summed E-state index contributed by atoms with van der Waals surface area (Å²) in [6, 6.07) is 6.26. The monoisotopic (exact) mass is 376 g/mol. The minimum Gasteiger partial charge on any atom is -0.302 e. The fraction of sp³-hybridized carbons (Fsp3) is 0.294. The highest BCUT2D eigenvalue weighted by molar-refractivity contribution is 7.91. The molecular weight excluding hydrogens is 360 g/mol. The van der Waals surface area contributed by atoms with E-state index in [4.69, 9.17) is 11.6 Å². The van der Waals surface area contributed by atoms with Crippen molar-refractivity contribution in [2.45, 2.75) is 29.7 Å². The van der Waals surface area contributed by atoms with Crippen molar-refractivity contribution in [3.05, 3.63) is 52.4 Å². The van der Waals surface area contributed by atoms with Gasteiger partial charge in [0.15, 0.2) is 5.65 Å². The Morgan fingerprint density at radius 2 is 2.08 bits per heavy atom. The molecule has 130 valence electrons. The molecule has 3 aromatic rings. The van der Waals surface area contributed by atoms with Gasteiger partial charge in [0.05, 0.1) is 16.3 Å². The summed E-state index contributed by atoms with van der Waals surface area (Å²) in [5, 5.41) is 4.76. The topological polar surface area (TPSA) is 67.6 Å². The van der Waals surface area contributed by atoms with Crippen LogP contribution >= 0.6 is 11.6 Å². The fourth-order valence-electron chi connectivity index (χ4n) is 3.22. The summed E-state index contributed by atoms with van der Waals surface area (Å²) in [4.78, 5) is 7.15. The fourth-order valence-corrected chi connectivity index (χ4v) is 5.06. The Labute approximate surface area is 151 Å². The molecule has 0 unspecified atom stereocenters. The van der Waals surface area contributed by atoms with Gasteiger partial charge in [-0.3, -0.25) is 0 Å². The minimum absolute atomic E-state index is 0.150. The van der Waals surface area contributed by atoms with Crippen LogP contribution in [0, 0.1) is 6.92 Å². The molecule has 0 fully saturated rings. The third kappa shape index (κ3) is 2.72. The highest BCUT2D eigenvalue weighted by Crippen LogP contribution is 2.29. The zero-order chi connectivity index (χ0) is 17.8. The number of hydrogen-bond acceptors (Lipinski definition) is 5. The predicted molar refractivity (Wildman–Crippen MR) is 94.7 cm³/mol. The highest BCUT2D eigenvalue weighted by Gasteiger charge is 2.28. The van der Waals surface area contributed by atoms with Crippen molar-refractivity contribution in [3.63, 3.8) is 0 Å². The maximum absolute atomic E-state index is 13.1. The van der Waals surface area contributed by atoms with Crippen LogP contribution in [0.4, 0.5) is 0 Å². The molecule has 0 amide bonds. The van der Waals surface area contributed by atoms with Crippen molar-refractivity contribution >= 4 is 27.1 Å². The first-order valence-corrected chi connectivity index (χ1v) is 9.79. The van der Waals surface area contributed by atoms with E-state index in [0.717, 1.165) is 30.8 Å². The van der Waals surface area contributed by atoms with E-state index < -0.39 is 9.84 Å². The van der Waals surface area contributed by atoms with E-state index >= 15 is 0 Å². The normalized spacial score (nSPS) is 15.5. The third-order valence-electron chi connectivity index (χ3n) is 4.44. The van der Waals surface area contributed by atoms with Gasteiger partial charge in [0.2, 0.25) is 9.84 Å². The molecular formula is C17H17ClN4O2S. The van der Waals surface area contributed by atoms with Crippen molar-refractivity contribution in [2.24, 2.45) is 0 Å². The lowest BCUT2D eigenvalue weighted by Crippen LogP contribution is -2.27. The minimum atomic E-state index is -3.75. The van der Waals surface area contributed by atoms with Gasteiger partial charge in [-0.05, 0) is 32.2 Å². The van der Waals surface area contributed by atoms with E-state index in [-0.39, 0.29) is 9.79 Å². The number of benzene rings is 1. The Kier molecular flexibility index (Phi) is 3.82. The van der Waals surface area contributed by atoms with Gasteiger partial charge in [-0.15, -0.1) is 0 Å². The third-order valence-corrected chi connectivity index (χ3v) is 6.57. The zero-order valence-corrected chi connectivity index (χ0v) is 15.5. The van der Waals surface area contributed by atoms with Crippen molar-refractivity contribution in [3.8, 4) is 0 Å². The van der Waals surface area contributed by atoms with Crippen LogP contribution < -0.4 is 0 Å². The van der Waals surface area contributed by atoms with E-state index in [9.17, 15) is 8.42 Å². The lowest BCUT2D eigenvalue weighted by atomic mass is 10.1. The van der Waals surface area contributed by atoms with Crippen LogP contribution in [0.25, 0.3) is 5.65 Å². The SMILES string of the molecule is Cc1nn2cc3c(nc2c1S(=O)(=O)c1cccc(Cl)c1)CCN(C)C3. The van der Waals surface area contributed by atoms with E-state index in [1.54, 1.807) is 23.6 Å². The van der Waals surface area contributed by atoms with Crippen LogP contribution in [0.2, 0.25) is 5.02 Å². The van der Waals surface area contributed by atoms with E-state index in [1.165, 1.54) is 12.1 Å². The number of fused-ring (bicyclic) bond motifs is 2. The second kappa shape index (κ2) is 5.79. The molecule has 25 heavy (non-hydrogen) atoms. The maximum atomic E-state index is 13.1. The summed E-state index contributed by atoms with van der Waals surface area (Å²) in [6.45, 7) is 3.38. The Morgan fingerprint density at radius 3 is 2.84 bits per heavy atom. The molecule has 4 rings (SSSR count). The number of sulfone groups is 1. The molecule has 0 radical (unpaired) electrons. The van der Waals surface area contributed by atoms with Gasteiger partial charge in [-0.1, -0.05) is 17.7 Å². The van der Waals surface area contributed by atoms with Crippen LogP contribution in [-0.4, -0.2) is 41.5 Å². The number of nitrogens with zero attached hydrogens (tertiary/aromatic N) is 4. The van der Waals surface area contributed by atoms with Crippen LogP contribution in [-0.2, 0) is 22.8 Å². The molecule has 0 aliphatic carbocycles. The number of aryl methyl sites for hydroxylation is 1. The van der Waals surface area contributed by atoms with Gasteiger partial charge in [-0.25, -0.2) is 17.9 Å². The second-order valence-corrected chi connectivity index (χ2v) is 8.67. The first kappa shape index (κ1) is 16.5. The van der Waals surface area contributed by atoms with E-state index in [0.29, 0.717) is 16.4 Å². The summed E-state index contributed by atoms with van der Waals surface area (Å²) >= 11 is 5.97. The average Bonchev–Trinajstić information content (AvgIpc) is 2.88. The molecule has 8 heteroatoms. The summed E-state index contributed by atoms with van der Waals surface area (Å²) in [6.07, 6.45) is 2.68. The second-order valence-electron chi connectivity index (χ2n) is 6.34. The zero-order valence-electron chi connectivity index (χ0n) is 13.9. The van der Waals surface area contributed by atoms with Crippen molar-refractivity contribution in [2.75, 3.05) is 13.6 Å². The number of aromatic nitrogens is 3. The van der Waals surface area contributed by atoms with Crippen LogP contribution in [0.3, 0.4) is 0 Å². The smallest absolute Gasteiger partial charge is 0.212 e. The lowest BCUT2D eigenvalue weighted by Gasteiger charge is -2.23. The molecule has 1 aliphatic rings. The average molecular weight is 377 g/mol. The summed E-state index contributed by atoms with van der Waals surface area (Å²) in [7, 11) is -1.70. The number of halogens is 1. The largest absolute Gasteiger partial charge is 0.302 e. The molecule has 0 saturated heterocycles. The molecule has 0 bridgehead atoms. The Bertz CT molecular complexity index is 1090. The quantitative estimate of drug-likeness (QED) is 0.687. The standard InChI is InChI=1S/C17H17ClN4O2S/c1-11-16(25(23,24)14-5-3-4-13(18)8-14)17-19-15-6-7-21(2)9-12(15)10-22(17)20-11/h3-5,8,10H,6-7,9H2,1-2H3. The van der Waals surface area contributed by atoms with Crippen LogP contribution in [0.5, 0.6) is 0 Å². The first-order valence-electron chi connectivity index (χ1n) is 7.93. The number of likely N-dealkylation sites (N-methyl/N-ethyl adjacent to an activating group) is 1. The lowest BCUT2D eigenvalue weighted by molar-refractivity contribution is 0.309. The van der Waals surface area contributed by atoms with Crippen molar-refractivity contribution < 1.29 is 8.42 Å². The van der Waals surface area contributed by atoms with Crippen LogP contribution in [0.15, 0.2) is 40.3 Å². The summed E-state index contributed by atoms with van der Waals surface area (Å²) in [5.41, 5.74) is 2.83. The van der Waals surface area contributed by atoms with Crippen molar-refractivity contribution in [1.82, 2.24) is 19.5 Å². The summed E-state index contributed by atoms with van der Waals surface area (Å²) in [5.74, 6) is 0. The van der Waals surface area contributed by atoms with Gasteiger partial charge in [0.25, 0.3) is 0 Å². The molecule has 0 N–H and O–H groups in total. The molecule has 0 atom stereocenters. The molecule has 6 nitrogen and oxygen atoms in total. The Hall–Kier alpha value is -1.96. The van der Waals surface area contributed by atoms with E-state index in [2.05, 4.69) is 22.0 Å². The predicted octanol–water partition coefficient (Wildman–Crippen LogP) is 2.51. The molecule has 0 spiro atoms. The van der Waals surface area contributed by atoms with Gasteiger partial charge >= 0.3 is 0 Å². The van der Waals surface area contributed by atoms with Gasteiger partial charge in [-0.2, -0.15) is 5.10 Å². The van der Waals surface area contributed by atoms with Crippen molar-refractivity contribution in [1.29, 1.82) is 0 Å². The van der Waals surface area contributed by atoms with E-state index in [1.807, 2.05) is 6.20 Å². The van der Waals surface area contributed by atoms with Crippen LogP contribution in [0.1, 0.15) is 17.0 Å². The molecule has 2 aromatic heterocycles. The maximum Gasteiger partial charge on any atom is 0.212 e. The first-order chi connectivity index (χ1) is 11.9. The van der Waals surface area contributed by atoms with Gasteiger partial charge in [0.1, 0.15) is 4.90 Å². The highest BCUT2D eigenvalue weighted by atomic mass is 35.5. The number of hydrogen-bond donors (Lipinski definition) is 0. The number of rotatable bonds is 2. The molecule has 1 aliphatic heterocycles. The van der Waals surface area contributed by atoms with Gasteiger partial charge in [0, 0.05) is 36.3 Å². The van der Waals surface area contributed by atoms with Gasteiger partial charge < -0.3 is 4.90 Å².